The summed E-state index contributed by atoms with van der Waals surface area (Å²) < 4.78 is 0. The SMILES string of the molecule is C1=CCCCCC=C1.[C-]1=CC=CC1.[CH3-].[CH3-].[CH3-].[CH3-].[CH3-].[Ir]. The molecule has 0 nitrogen and oxygen atoms in total. The van der Waals surface area contributed by atoms with Crippen molar-refractivity contribution in [1.82, 2.24) is 0 Å². The van der Waals surface area contributed by atoms with Gasteiger partial charge in [0.15, 0.2) is 0 Å². The van der Waals surface area contributed by atoms with Crippen molar-refractivity contribution in [3.8, 4) is 0 Å². The van der Waals surface area contributed by atoms with Gasteiger partial charge >= 0.3 is 0 Å². The maximum Gasteiger partial charge on any atom is 0 e. The summed E-state index contributed by atoms with van der Waals surface area (Å²) in [5.41, 5.74) is 0. The molecular formula is C18H32Ir-6. The second kappa shape index (κ2) is 30.6. The first-order chi connectivity index (χ1) is 6.50. The van der Waals surface area contributed by atoms with E-state index < -0.39 is 0 Å². The molecule has 0 N–H and O–H groups in total. The van der Waals surface area contributed by atoms with Crippen LogP contribution in [-0.2, 0) is 20.1 Å². The van der Waals surface area contributed by atoms with Gasteiger partial charge in [0.25, 0.3) is 0 Å². The van der Waals surface area contributed by atoms with Crippen molar-refractivity contribution >= 4 is 0 Å². The summed E-state index contributed by atoms with van der Waals surface area (Å²) in [4.78, 5) is 0. The van der Waals surface area contributed by atoms with Crippen LogP contribution in [0.1, 0.15) is 32.1 Å². The second-order valence-corrected chi connectivity index (χ2v) is 3.14. The first-order valence-corrected chi connectivity index (χ1v) is 5.03. The molecule has 0 amide bonds. The van der Waals surface area contributed by atoms with Gasteiger partial charge in [0.05, 0.1) is 0 Å². The molecule has 19 heavy (non-hydrogen) atoms. The largest absolute Gasteiger partial charge is 0.358 e. The van der Waals surface area contributed by atoms with Crippen LogP contribution >= 0.6 is 0 Å². The zero-order chi connectivity index (χ0) is 9.19. The molecule has 2 aliphatic carbocycles. The molecule has 0 aromatic carbocycles. The average Bonchev–Trinajstić information content (AvgIpc) is 2.58. The van der Waals surface area contributed by atoms with Gasteiger partial charge in [-0.1, -0.05) is 24.3 Å². The van der Waals surface area contributed by atoms with Crippen molar-refractivity contribution in [1.29, 1.82) is 0 Å². The Kier molecular flexibility index (Phi) is 58.4. The smallest absolute Gasteiger partial charge is 0 e. The van der Waals surface area contributed by atoms with E-state index in [2.05, 4.69) is 36.5 Å². The van der Waals surface area contributed by atoms with Gasteiger partial charge in [-0.2, -0.15) is 6.08 Å². The van der Waals surface area contributed by atoms with Crippen LogP contribution in [0.2, 0.25) is 0 Å². The van der Waals surface area contributed by atoms with Crippen LogP contribution in [0.3, 0.4) is 0 Å². The Morgan fingerprint density at radius 2 is 1.11 bits per heavy atom. The van der Waals surface area contributed by atoms with Crippen molar-refractivity contribution in [2.75, 3.05) is 0 Å². The van der Waals surface area contributed by atoms with Crippen LogP contribution in [0.4, 0.5) is 0 Å². The van der Waals surface area contributed by atoms with Crippen LogP contribution in [0.5, 0.6) is 0 Å². The Labute approximate surface area is 138 Å². The summed E-state index contributed by atoms with van der Waals surface area (Å²) in [7, 11) is 0. The zero-order valence-electron chi connectivity index (χ0n) is 13.4. The molecular weight excluding hydrogens is 408 g/mol. The van der Waals surface area contributed by atoms with E-state index in [4.69, 9.17) is 0 Å². The topological polar surface area (TPSA) is 0 Å². The number of allylic oxidation sites excluding steroid dienone is 8. The van der Waals surface area contributed by atoms with E-state index in [-0.39, 0.29) is 57.2 Å². The van der Waals surface area contributed by atoms with Crippen molar-refractivity contribution in [2.24, 2.45) is 0 Å². The molecule has 0 saturated carbocycles. The normalized spacial score (nSPS) is 13.1. The van der Waals surface area contributed by atoms with E-state index in [0.717, 1.165) is 6.42 Å². The summed E-state index contributed by atoms with van der Waals surface area (Å²) >= 11 is 0. The van der Waals surface area contributed by atoms with Crippen LogP contribution in [0.25, 0.3) is 0 Å². The summed E-state index contributed by atoms with van der Waals surface area (Å²) in [6.45, 7) is 0. The molecule has 0 atom stereocenters. The maximum atomic E-state index is 2.99. The summed E-state index contributed by atoms with van der Waals surface area (Å²) in [6.07, 6.45) is 24.0. The van der Waals surface area contributed by atoms with Gasteiger partial charge in [-0.25, -0.2) is 12.2 Å². The molecule has 1 heteroatoms. The molecule has 0 bridgehead atoms. The van der Waals surface area contributed by atoms with Crippen LogP contribution in [0, 0.1) is 43.2 Å². The molecule has 0 saturated heterocycles. The Morgan fingerprint density at radius 1 is 0.632 bits per heavy atom. The molecule has 0 aromatic heterocycles. The molecule has 0 fully saturated rings. The van der Waals surface area contributed by atoms with E-state index in [1.807, 2.05) is 12.2 Å². The molecule has 119 valence electrons. The van der Waals surface area contributed by atoms with Crippen LogP contribution in [-0.4, -0.2) is 0 Å². The Hall–Kier alpha value is -0.391. The fourth-order valence-corrected chi connectivity index (χ4v) is 1.21. The third-order valence-corrected chi connectivity index (χ3v) is 1.96. The molecule has 0 spiro atoms. The first kappa shape index (κ1) is 36.3. The van der Waals surface area contributed by atoms with Gasteiger partial charge in [-0.3, -0.25) is 6.08 Å². The summed E-state index contributed by atoms with van der Waals surface area (Å²) in [5, 5.41) is 0. The van der Waals surface area contributed by atoms with Gasteiger partial charge in [0.2, 0.25) is 0 Å². The first-order valence-electron chi connectivity index (χ1n) is 5.03. The number of rotatable bonds is 0. The molecule has 2 aliphatic rings. The Bertz CT molecular complexity index is 198. The molecule has 0 heterocycles. The van der Waals surface area contributed by atoms with Crippen molar-refractivity contribution in [3.63, 3.8) is 0 Å². The summed E-state index contributed by atoms with van der Waals surface area (Å²) in [5.74, 6) is 0. The molecule has 1 radical (unpaired) electrons. The fourth-order valence-electron chi connectivity index (χ4n) is 1.21. The molecule has 0 aliphatic heterocycles. The van der Waals surface area contributed by atoms with Gasteiger partial charge < -0.3 is 37.1 Å². The van der Waals surface area contributed by atoms with Gasteiger partial charge in [0, 0.05) is 20.1 Å². The predicted octanol–water partition coefficient (Wildman–Crippen LogP) is 6.23. The monoisotopic (exact) mass is 441 g/mol. The van der Waals surface area contributed by atoms with Crippen molar-refractivity contribution in [2.45, 2.75) is 32.1 Å². The fraction of sp³-hybridized carbons (Fsp3) is 0.278. The Balaban J connectivity index is -0.0000000352. The van der Waals surface area contributed by atoms with Crippen molar-refractivity contribution < 1.29 is 20.1 Å². The molecule has 2 rings (SSSR count). The van der Waals surface area contributed by atoms with E-state index >= 15 is 0 Å². The van der Waals surface area contributed by atoms with Crippen LogP contribution in [0.15, 0.2) is 42.5 Å². The molecule has 0 aromatic rings. The van der Waals surface area contributed by atoms with Gasteiger partial charge in [-0.15, -0.1) is 6.42 Å². The van der Waals surface area contributed by atoms with Crippen LogP contribution < -0.4 is 0 Å². The standard InChI is InChI=1S/C8H12.C5H5.5CH3.Ir/c1-2-4-6-8-7-5-3-1;1-2-4-5-3-1;;;;;;/h1-4H,5-8H2;1-3H,4H2;5*1H3;/q;6*-1;. The van der Waals surface area contributed by atoms with Crippen molar-refractivity contribution in [3.05, 3.63) is 85.7 Å². The third kappa shape index (κ3) is 27.0. The number of hydrogen-bond acceptors (Lipinski definition) is 0. The number of hydrogen-bond donors (Lipinski definition) is 0. The maximum absolute atomic E-state index is 2.99. The average molecular weight is 441 g/mol. The van der Waals surface area contributed by atoms with E-state index in [1.54, 1.807) is 0 Å². The molecule has 0 unspecified atom stereocenters. The third-order valence-electron chi connectivity index (χ3n) is 1.96. The zero-order valence-corrected chi connectivity index (χ0v) is 15.8. The Morgan fingerprint density at radius 3 is 1.37 bits per heavy atom. The predicted molar refractivity (Wildman–Crippen MR) is 90.4 cm³/mol. The quantitative estimate of drug-likeness (QED) is 0.392. The summed E-state index contributed by atoms with van der Waals surface area (Å²) in [6, 6.07) is 0. The van der Waals surface area contributed by atoms with Gasteiger partial charge in [0.1, 0.15) is 0 Å². The minimum atomic E-state index is 0. The van der Waals surface area contributed by atoms with E-state index in [1.165, 1.54) is 25.7 Å². The van der Waals surface area contributed by atoms with E-state index in [9.17, 15) is 0 Å². The second-order valence-electron chi connectivity index (χ2n) is 3.14. The minimum absolute atomic E-state index is 0. The van der Waals surface area contributed by atoms with Gasteiger partial charge in [-0.05, 0) is 25.7 Å². The minimum Gasteiger partial charge on any atom is -0.358 e. The van der Waals surface area contributed by atoms with E-state index in [0.29, 0.717) is 0 Å².